The van der Waals surface area contributed by atoms with Crippen LogP contribution in [0.15, 0.2) is 53.7 Å². The van der Waals surface area contributed by atoms with Crippen LogP contribution in [0, 0.1) is 5.92 Å². The number of benzene rings is 1. The Morgan fingerprint density at radius 3 is 2.85 bits per heavy atom. The van der Waals surface area contributed by atoms with Gasteiger partial charge in [-0.1, -0.05) is 30.3 Å². The largest absolute Gasteiger partial charge is 0.369 e. The van der Waals surface area contributed by atoms with E-state index in [1.165, 1.54) is 5.56 Å². The van der Waals surface area contributed by atoms with E-state index in [2.05, 4.69) is 50.0 Å². The maximum atomic E-state index is 11.6. The highest BCUT2D eigenvalue weighted by molar-refractivity contribution is 14.0. The molecule has 3 aromatic rings. The Kier molecular flexibility index (Phi) is 9.63. The van der Waals surface area contributed by atoms with E-state index < -0.39 is 0 Å². The van der Waals surface area contributed by atoms with Gasteiger partial charge in [0.05, 0.1) is 19.0 Å². The number of halogens is 1. The molecule has 10 heteroatoms. The summed E-state index contributed by atoms with van der Waals surface area (Å²) in [6.45, 7) is 6.45. The molecule has 0 saturated carbocycles. The summed E-state index contributed by atoms with van der Waals surface area (Å²) in [5.74, 6) is 1.33. The van der Waals surface area contributed by atoms with E-state index in [0.717, 1.165) is 62.0 Å². The zero-order valence-electron chi connectivity index (χ0n) is 19.5. The van der Waals surface area contributed by atoms with Crippen molar-refractivity contribution >= 4 is 41.5 Å². The molecule has 0 aliphatic carbocycles. The first-order chi connectivity index (χ1) is 16.1. The average Bonchev–Trinajstić information content (AvgIpc) is 3.24. The van der Waals surface area contributed by atoms with Crippen LogP contribution in [-0.2, 0) is 24.4 Å². The van der Waals surface area contributed by atoms with E-state index in [0.29, 0.717) is 13.1 Å². The van der Waals surface area contributed by atoms with Gasteiger partial charge in [0.1, 0.15) is 0 Å². The molecule has 1 atom stereocenters. The van der Waals surface area contributed by atoms with Crippen molar-refractivity contribution in [3.63, 3.8) is 0 Å². The average molecular weight is 576 g/mol. The summed E-state index contributed by atoms with van der Waals surface area (Å²) in [7, 11) is 0. The first-order valence-electron chi connectivity index (χ1n) is 11.5. The number of aromatic nitrogens is 3. The molecule has 3 heterocycles. The number of likely N-dealkylation sites (tertiary alicyclic amines) is 1. The van der Waals surface area contributed by atoms with Crippen LogP contribution in [-0.4, -0.2) is 51.0 Å². The number of pyridine rings is 1. The van der Waals surface area contributed by atoms with Gasteiger partial charge in [0, 0.05) is 25.8 Å². The molecule has 1 amide bonds. The number of guanidine groups is 1. The summed E-state index contributed by atoms with van der Waals surface area (Å²) >= 11 is 0. The number of hydrogen-bond donors (Lipinski definition) is 3. The number of rotatable bonds is 8. The van der Waals surface area contributed by atoms with Crippen molar-refractivity contribution in [3.05, 3.63) is 65.6 Å². The van der Waals surface area contributed by atoms with Gasteiger partial charge in [-0.25, -0.2) is 4.99 Å². The molecule has 9 nitrogen and oxygen atoms in total. The van der Waals surface area contributed by atoms with Crippen LogP contribution in [0.2, 0.25) is 0 Å². The lowest BCUT2D eigenvalue weighted by atomic mass is 9.97. The van der Waals surface area contributed by atoms with Crippen LogP contribution in [0.4, 0.5) is 0 Å². The molecule has 0 spiro atoms. The second-order valence-electron chi connectivity index (χ2n) is 8.39. The maximum Gasteiger partial charge on any atom is 0.221 e. The van der Waals surface area contributed by atoms with Gasteiger partial charge in [0.25, 0.3) is 0 Å². The molecular formula is C24H33IN8O. The number of fused-ring (bicyclic) bond motifs is 1. The van der Waals surface area contributed by atoms with Gasteiger partial charge in [0.2, 0.25) is 5.91 Å². The molecule has 1 unspecified atom stereocenters. The van der Waals surface area contributed by atoms with Gasteiger partial charge in [-0.2, -0.15) is 0 Å². The lowest BCUT2D eigenvalue weighted by Gasteiger charge is -2.31. The van der Waals surface area contributed by atoms with Crippen molar-refractivity contribution in [1.82, 2.24) is 30.1 Å². The molecule has 2 aromatic heterocycles. The smallest absolute Gasteiger partial charge is 0.221 e. The second kappa shape index (κ2) is 12.7. The third-order valence-corrected chi connectivity index (χ3v) is 5.87. The van der Waals surface area contributed by atoms with E-state index in [1.807, 2.05) is 35.7 Å². The van der Waals surface area contributed by atoms with Gasteiger partial charge in [0.15, 0.2) is 17.4 Å². The molecule has 4 rings (SSSR count). The third kappa shape index (κ3) is 6.89. The molecule has 0 bridgehead atoms. The molecule has 1 aliphatic rings. The fourth-order valence-electron chi connectivity index (χ4n) is 4.20. The topological polar surface area (TPSA) is 113 Å². The van der Waals surface area contributed by atoms with Crippen molar-refractivity contribution in [3.8, 4) is 0 Å². The number of aliphatic imine (C=N–C) groups is 1. The summed E-state index contributed by atoms with van der Waals surface area (Å²) in [6, 6.07) is 14.3. The number of piperidine rings is 1. The van der Waals surface area contributed by atoms with Crippen molar-refractivity contribution in [2.45, 2.75) is 39.4 Å². The Balaban J connectivity index is 0.00000324. The number of nitrogens with one attached hydrogen (secondary N) is 2. The Morgan fingerprint density at radius 1 is 1.18 bits per heavy atom. The zero-order chi connectivity index (χ0) is 23.0. The molecular weight excluding hydrogens is 543 g/mol. The molecule has 1 fully saturated rings. The van der Waals surface area contributed by atoms with Gasteiger partial charge in [-0.05, 0) is 49.6 Å². The Labute approximate surface area is 217 Å². The Morgan fingerprint density at radius 2 is 2.03 bits per heavy atom. The van der Waals surface area contributed by atoms with Gasteiger partial charge in [-0.3, -0.25) is 14.1 Å². The molecule has 4 N–H and O–H groups in total. The number of nitrogens with two attached hydrogens (primary N) is 1. The minimum atomic E-state index is -0.189. The third-order valence-electron chi connectivity index (χ3n) is 5.87. The van der Waals surface area contributed by atoms with Crippen LogP contribution >= 0.6 is 24.0 Å². The van der Waals surface area contributed by atoms with Crippen molar-refractivity contribution < 1.29 is 4.79 Å². The summed E-state index contributed by atoms with van der Waals surface area (Å²) in [5.41, 5.74) is 8.71. The van der Waals surface area contributed by atoms with Gasteiger partial charge in [-0.15, -0.1) is 34.2 Å². The number of amides is 1. The lowest BCUT2D eigenvalue weighted by molar-refractivity contribution is -0.123. The zero-order valence-corrected chi connectivity index (χ0v) is 21.8. The van der Waals surface area contributed by atoms with Crippen molar-refractivity contribution in [2.75, 3.05) is 19.6 Å². The number of hydrogen-bond acceptors (Lipinski definition) is 5. The monoisotopic (exact) mass is 576 g/mol. The van der Waals surface area contributed by atoms with Crippen LogP contribution in [0.25, 0.3) is 5.65 Å². The normalized spacial score (nSPS) is 16.7. The van der Waals surface area contributed by atoms with E-state index in [9.17, 15) is 4.79 Å². The molecule has 34 heavy (non-hydrogen) atoms. The first-order valence-corrected chi connectivity index (χ1v) is 11.5. The number of nitrogens with zero attached hydrogens (tertiary/aromatic N) is 5. The van der Waals surface area contributed by atoms with Crippen LogP contribution in [0.1, 0.15) is 36.7 Å². The fourth-order valence-corrected chi connectivity index (χ4v) is 4.20. The van der Waals surface area contributed by atoms with Crippen molar-refractivity contribution in [2.24, 2.45) is 16.6 Å². The van der Waals surface area contributed by atoms with Crippen LogP contribution in [0.3, 0.4) is 0 Å². The number of carbonyl (C=O) groups excluding carboxylic acids is 1. The Bertz CT molecular complexity index is 1120. The van der Waals surface area contributed by atoms with E-state index in [4.69, 9.17) is 10.7 Å². The molecule has 1 saturated heterocycles. The molecule has 182 valence electrons. The molecule has 0 radical (unpaired) electrons. The number of carbonyl (C=O) groups is 1. The van der Waals surface area contributed by atoms with Crippen LogP contribution < -0.4 is 16.4 Å². The summed E-state index contributed by atoms with van der Waals surface area (Å²) < 4.78 is 1.96. The summed E-state index contributed by atoms with van der Waals surface area (Å²) in [6.07, 6.45) is 3.86. The lowest BCUT2D eigenvalue weighted by Crippen LogP contribution is -2.40. The minimum absolute atomic E-state index is 0. The standard InChI is InChI=1S/C24H32N8O.HI/c1-2-26-24(28-15-22-30-29-21-10-3-4-12-32(21)22)27-14-18-7-5-8-19(13-18)16-31-11-6-9-20(17-31)23(25)33;/h3-5,7-8,10,12-13,20H,2,6,9,11,14-17H2,1H3,(H2,25,33)(H2,26,27,28);1H. The fraction of sp³-hybridized carbons (Fsp3) is 0.417. The minimum Gasteiger partial charge on any atom is -0.369 e. The van der Waals surface area contributed by atoms with E-state index in [-0.39, 0.29) is 35.8 Å². The SMILES string of the molecule is CCNC(=NCc1cccc(CN2CCCC(C(N)=O)C2)c1)NCc1nnc2ccccn12.I. The highest BCUT2D eigenvalue weighted by Crippen LogP contribution is 2.19. The molecule has 1 aromatic carbocycles. The van der Waals surface area contributed by atoms with E-state index >= 15 is 0 Å². The summed E-state index contributed by atoms with van der Waals surface area (Å²) in [4.78, 5) is 18.6. The second-order valence-corrected chi connectivity index (χ2v) is 8.39. The predicted octanol–water partition coefficient (Wildman–Crippen LogP) is 2.30. The maximum absolute atomic E-state index is 11.6. The van der Waals surface area contributed by atoms with Gasteiger partial charge >= 0.3 is 0 Å². The molecule has 1 aliphatic heterocycles. The van der Waals surface area contributed by atoms with E-state index in [1.54, 1.807) is 0 Å². The first kappa shape index (κ1) is 25.9. The Hall–Kier alpha value is -2.73. The quantitative estimate of drug-likeness (QED) is 0.216. The van der Waals surface area contributed by atoms with Gasteiger partial charge < -0.3 is 16.4 Å². The summed E-state index contributed by atoms with van der Waals surface area (Å²) in [5, 5.41) is 15.1. The van der Waals surface area contributed by atoms with Crippen LogP contribution in [0.5, 0.6) is 0 Å². The predicted molar refractivity (Wildman–Crippen MR) is 144 cm³/mol. The highest BCUT2D eigenvalue weighted by atomic mass is 127. The number of primary amides is 1. The highest BCUT2D eigenvalue weighted by Gasteiger charge is 2.23. The van der Waals surface area contributed by atoms with Crippen molar-refractivity contribution in [1.29, 1.82) is 0 Å².